The van der Waals surface area contributed by atoms with Gasteiger partial charge in [0.1, 0.15) is 11.4 Å². The number of amides is 1. The Balaban J connectivity index is 1.73. The van der Waals surface area contributed by atoms with Gasteiger partial charge in [-0.15, -0.1) is 0 Å². The van der Waals surface area contributed by atoms with Crippen LogP contribution < -0.4 is 10.7 Å². The first-order valence-electron chi connectivity index (χ1n) is 8.26. The van der Waals surface area contributed by atoms with Gasteiger partial charge in [0.2, 0.25) is 5.76 Å². The lowest BCUT2D eigenvalue weighted by molar-refractivity contribution is -0.123. The minimum Gasteiger partial charge on any atom is -0.449 e. The number of benzene rings is 2. The van der Waals surface area contributed by atoms with Crippen LogP contribution in [0.4, 0.5) is 10.1 Å². The Bertz CT molecular complexity index is 1140. The van der Waals surface area contributed by atoms with E-state index in [4.69, 9.17) is 20.8 Å². The summed E-state index contributed by atoms with van der Waals surface area (Å²) in [5.74, 6) is -2.55. The van der Waals surface area contributed by atoms with Crippen LogP contribution in [0.2, 0.25) is 5.02 Å². The first-order chi connectivity index (χ1) is 13.2. The number of aryl methyl sites for hydroxylation is 1. The monoisotopic (exact) mass is 403 g/mol. The number of anilines is 1. The molecule has 3 rings (SSSR count). The van der Waals surface area contributed by atoms with Gasteiger partial charge < -0.3 is 14.5 Å². The summed E-state index contributed by atoms with van der Waals surface area (Å²) >= 11 is 5.66. The SMILES string of the molecule is Cc1ccc2oc(C(=O)O[C@H](C)C(=O)Nc3ccc(F)c(Cl)c3)cc(=O)c2c1. The van der Waals surface area contributed by atoms with Crippen LogP contribution in [0.1, 0.15) is 23.0 Å². The normalized spacial score (nSPS) is 11.9. The highest BCUT2D eigenvalue weighted by Crippen LogP contribution is 2.20. The molecule has 0 bridgehead atoms. The van der Waals surface area contributed by atoms with E-state index in [9.17, 15) is 18.8 Å². The van der Waals surface area contributed by atoms with Crippen molar-refractivity contribution in [2.75, 3.05) is 5.32 Å². The van der Waals surface area contributed by atoms with Gasteiger partial charge >= 0.3 is 5.97 Å². The van der Waals surface area contributed by atoms with Gasteiger partial charge in [0.05, 0.1) is 10.4 Å². The van der Waals surface area contributed by atoms with Crippen molar-refractivity contribution in [3.63, 3.8) is 0 Å². The Labute approximate surface area is 163 Å². The van der Waals surface area contributed by atoms with E-state index in [1.165, 1.54) is 19.1 Å². The molecule has 2 aromatic carbocycles. The summed E-state index contributed by atoms with van der Waals surface area (Å²) in [6.45, 7) is 3.18. The molecule has 0 aliphatic rings. The van der Waals surface area contributed by atoms with Crippen molar-refractivity contribution < 1.29 is 23.1 Å². The van der Waals surface area contributed by atoms with E-state index in [0.717, 1.165) is 17.7 Å². The van der Waals surface area contributed by atoms with E-state index in [2.05, 4.69) is 5.32 Å². The summed E-state index contributed by atoms with van der Waals surface area (Å²) in [7, 11) is 0. The summed E-state index contributed by atoms with van der Waals surface area (Å²) < 4.78 is 23.7. The Kier molecular flexibility index (Phi) is 5.46. The topological polar surface area (TPSA) is 85.6 Å². The summed E-state index contributed by atoms with van der Waals surface area (Å²) in [6.07, 6.45) is -1.20. The Morgan fingerprint density at radius 1 is 1.18 bits per heavy atom. The Hall–Kier alpha value is -3.19. The molecule has 0 saturated carbocycles. The van der Waals surface area contributed by atoms with Crippen molar-refractivity contribution in [1.82, 2.24) is 0 Å². The van der Waals surface area contributed by atoms with Crippen molar-refractivity contribution in [1.29, 1.82) is 0 Å². The van der Waals surface area contributed by atoms with E-state index in [1.807, 2.05) is 6.92 Å². The Morgan fingerprint density at radius 2 is 1.93 bits per heavy atom. The average Bonchev–Trinajstić information content (AvgIpc) is 2.65. The zero-order valence-corrected chi connectivity index (χ0v) is 15.7. The number of nitrogens with one attached hydrogen (secondary N) is 1. The minimum absolute atomic E-state index is 0.157. The van der Waals surface area contributed by atoms with Crippen LogP contribution in [0, 0.1) is 12.7 Å². The van der Waals surface area contributed by atoms with Crippen LogP contribution in [0.25, 0.3) is 11.0 Å². The fourth-order valence-corrected chi connectivity index (χ4v) is 2.64. The van der Waals surface area contributed by atoms with Crippen LogP contribution in [0.3, 0.4) is 0 Å². The number of hydrogen-bond donors (Lipinski definition) is 1. The number of halogens is 2. The molecular weight excluding hydrogens is 389 g/mol. The van der Waals surface area contributed by atoms with Crippen molar-refractivity contribution in [3.05, 3.63) is 74.9 Å². The van der Waals surface area contributed by atoms with Gasteiger partial charge in [-0.1, -0.05) is 23.2 Å². The minimum atomic E-state index is -1.20. The molecule has 0 saturated heterocycles. The number of rotatable bonds is 4. The second-order valence-corrected chi connectivity index (χ2v) is 6.55. The molecule has 3 aromatic rings. The highest BCUT2D eigenvalue weighted by molar-refractivity contribution is 6.31. The molecule has 8 heteroatoms. The predicted octanol–water partition coefficient (Wildman–Crippen LogP) is 4.08. The Morgan fingerprint density at radius 3 is 2.64 bits per heavy atom. The standard InChI is InChI=1S/C20H15ClFNO5/c1-10-3-6-17-13(7-10)16(24)9-18(28-17)20(26)27-11(2)19(25)23-12-4-5-15(22)14(21)8-12/h3-9,11H,1-2H3,(H,23,25)/t11-/m1/s1. The molecule has 0 aliphatic carbocycles. The van der Waals surface area contributed by atoms with Crippen molar-refractivity contribution in [2.24, 2.45) is 0 Å². The molecule has 0 fully saturated rings. The molecule has 28 heavy (non-hydrogen) atoms. The van der Waals surface area contributed by atoms with Gasteiger partial charge in [-0.25, -0.2) is 9.18 Å². The third kappa shape index (κ3) is 4.20. The number of carbonyl (C=O) groups excluding carboxylic acids is 2. The van der Waals surface area contributed by atoms with Crippen LogP contribution in [-0.4, -0.2) is 18.0 Å². The largest absolute Gasteiger partial charge is 0.449 e. The first kappa shape index (κ1) is 19.6. The van der Waals surface area contributed by atoms with Gasteiger partial charge in [-0.3, -0.25) is 9.59 Å². The first-order valence-corrected chi connectivity index (χ1v) is 8.64. The zero-order chi connectivity index (χ0) is 20.4. The summed E-state index contributed by atoms with van der Waals surface area (Å²) in [4.78, 5) is 36.6. The molecule has 144 valence electrons. The number of hydrogen-bond acceptors (Lipinski definition) is 5. The lowest BCUT2D eigenvalue weighted by Crippen LogP contribution is -2.30. The number of fused-ring (bicyclic) bond motifs is 1. The highest BCUT2D eigenvalue weighted by atomic mass is 35.5. The van der Waals surface area contributed by atoms with Gasteiger partial charge in [0.25, 0.3) is 5.91 Å². The van der Waals surface area contributed by atoms with Gasteiger partial charge in [-0.2, -0.15) is 0 Å². The molecule has 1 aromatic heterocycles. The van der Waals surface area contributed by atoms with Crippen LogP contribution >= 0.6 is 11.6 Å². The lowest BCUT2D eigenvalue weighted by Gasteiger charge is -2.13. The fourth-order valence-electron chi connectivity index (χ4n) is 2.46. The molecule has 6 nitrogen and oxygen atoms in total. The molecule has 1 N–H and O–H groups in total. The molecule has 0 unspecified atom stereocenters. The van der Waals surface area contributed by atoms with E-state index < -0.39 is 29.2 Å². The van der Waals surface area contributed by atoms with E-state index in [1.54, 1.807) is 18.2 Å². The number of ether oxygens (including phenoxy) is 1. The zero-order valence-electron chi connectivity index (χ0n) is 14.9. The maximum atomic E-state index is 13.2. The van der Waals surface area contributed by atoms with E-state index in [-0.39, 0.29) is 22.1 Å². The predicted molar refractivity (Wildman–Crippen MR) is 102 cm³/mol. The van der Waals surface area contributed by atoms with Crippen LogP contribution in [0.5, 0.6) is 0 Å². The summed E-state index contributed by atoms with van der Waals surface area (Å²) in [5, 5.41) is 2.64. The van der Waals surface area contributed by atoms with E-state index in [0.29, 0.717) is 5.39 Å². The number of carbonyl (C=O) groups is 2. The van der Waals surface area contributed by atoms with Crippen molar-refractivity contribution in [2.45, 2.75) is 20.0 Å². The molecule has 1 heterocycles. The molecule has 1 atom stereocenters. The van der Waals surface area contributed by atoms with Crippen molar-refractivity contribution in [3.8, 4) is 0 Å². The van der Waals surface area contributed by atoms with E-state index >= 15 is 0 Å². The quantitative estimate of drug-likeness (QED) is 0.663. The van der Waals surface area contributed by atoms with Gasteiger partial charge in [0, 0.05) is 11.8 Å². The average molecular weight is 404 g/mol. The second-order valence-electron chi connectivity index (χ2n) is 6.14. The summed E-state index contributed by atoms with van der Waals surface area (Å²) in [6, 6.07) is 9.64. The third-order valence-corrected chi connectivity index (χ3v) is 4.21. The second kappa shape index (κ2) is 7.82. The van der Waals surface area contributed by atoms with Crippen molar-refractivity contribution >= 4 is 40.1 Å². The maximum absolute atomic E-state index is 13.2. The van der Waals surface area contributed by atoms with Gasteiger partial charge in [0.15, 0.2) is 11.5 Å². The molecule has 0 spiro atoms. The molecular formula is C20H15ClFNO5. The smallest absolute Gasteiger partial charge is 0.375 e. The number of esters is 1. The third-order valence-electron chi connectivity index (χ3n) is 3.92. The fraction of sp³-hybridized carbons (Fsp3) is 0.150. The molecule has 0 aliphatic heterocycles. The lowest BCUT2D eigenvalue weighted by atomic mass is 10.1. The highest BCUT2D eigenvalue weighted by Gasteiger charge is 2.22. The summed E-state index contributed by atoms with van der Waals surface area (Å²) in [5.41, 5.74) is 0.964. The van der Waals surface area contributed by atoms with Gasteiger partial charge in [-0.05, 0) is 44.2 Å². The molecule has 0 radical (unpaired) electrons. The van der Waals surface area contributed by atoms with Crippen LogP contribution in [-0.2, 0) is 9.53 Å². The maximum Gasteiger partial charge on any atom is 0.375 e. The van der Waals surface area contributed by atoms with Crippen LogP contribution in [0.15, 0.2) is 51.7 Å². The molecule has 1 amide bonds.